The standard InChI is InChI=1S/C14H19Br2NO3/c1-14(2,3)20-13(18)17-5-4-6-19-12-8-10(15)7-11(16)9-12/h7-9H,4-6H2,1-3H3,(H,17,18). The van der Waals surface area contributed by atoms with Gasteiger partial charge in [0, 0.05) is 15.5 Å². The van der Waals surface area contributed by atoms with Gasteiger partial charge < -0.3 is 14.8 Å². The van der Waals surface area contributed by atoms with Crippen LogP contribution in [0.15, 0.2) is 27.1 Å². The Kier molecular flexibility index (Phi) is 6.82. The summed E-state index contributed by atoms with van der Waals surface area (Å²) < 4.78 is 12.6. The summed E-state index contributed by atoms with van der Waals surface area (Å²) in [7, 11) is 0. The largest absolute Gasteiger partial charge is 0.493 e. The molecule has 0 saturated heterocycles. The Hall–Kier alpha value is -0.750. The van der Waals surface area contributed by atoms with E-state index in [4.69, 9.17) is 9.47 Å². The highest BCUT2D eigenvalue weighted by Gasteiger charge is 2.15. The molecular weight excluding hydrogens is 390 g/mol. The minimum atomic E-state index is -0.469. The number of carbonyl (C=O) groups is 1. The van der Waals surface area contributed by atoms with Crippen LogP contribution in [-0.2, 0) is 4.74 Å². The van der Waals surface area contributed by atoms with Crippen molar-refractivity contribution in [1.29, 1.82) is 0 Å². The zero-order valence-corrected chi connectivity index (χ0v) is 15.0. The Morgan fingerprint density at radius 3 is 2.35 bits per heavy atom. The monoisotopic (exact) mass is 407 g/mol. The first-order valence-electron chi connectivity index (χ1n) is 6.32. The highest BCUT2D eigenvalue weighted by Crippen LogP contribution is 2.24. The molecule has 1 amide bonds. The van der Waals surface area contributed by atoms with Gasteiger partial charge in [0.15, 0.2) is 0 Å². The number of alkyl carbamates (subject to hydrolysis) is 1. The van der Waals surface area contributed by atoms with E-state index >= 15 is 0 Å². The third-order valence-electron chi connectivity index (χ3n) is 2.09. The van der Waals surface area contributed by atoms with Crippen LogP contribution in [-0.4, -0.2) is 24.8 Å². The first kappa shape index (κ1) is 17.3. The molecule has 0 fully saturated rings. The topological polar surface area (TPSA) is 47.6 Å². The zero-order chi connectivity index (χ0) is 15.2. The molecule has 0 saturated carbocycles. The highest BCUT2D eigenvalue weighted by molar-refractivity contribution is 9.11. The van der Waals surface area contributed by atoms with E-state index in [-0.39, 0.29) is 0 Å². The van der Waals surface area contributed by atoms with Gasteiger partial charge in [-0.1, -0.05) is 31.9 Å². The minimum absolute atomic E-state index is 0.400. The van der Waals surface area contributed by atoms with Crippen molar-refractivity contribution in [3.8, 4) is 5.75 Å². The first-order valence-corrected chi connectivity index (χ1v) is 7.90. The fourth-order valence-corrected chi connectivity index (χ4v) is 2.63. The van der Waals surface area contributed by atoms with E-state index in [0.717, 1.165) is 14.7 Å². The van der Waals surface area contributed by atoms with Crippen molar-refractivity contribution in [3.63, 3.8) is 0 Å². The van der Waals surface area contributed by atoms with Crippen LogP contribution in [0.4, 0.5) is 4.79 Å². The molecule has 0 spiro atoms. The Morgan fingerprint density at radius 1 is 1.20 bits per heavy atom. The van der Waals surface area contributed by atoms with E-state index in [1.165, 1.54) is 0 Å². The molecule has 4 nitrogen and oxygen atoms in total. The van der Waals surface area contributed by atoms with Crippen LogP contribution in [0.5, 0.6) is 5.75 Å². The van der Waals surface area contributed by atoms with Gasteiger partial charge in [-0.05, 0) is 45.4 Å². The lowest BCUT2D eigenvalue weighted by Gasteiger charge is -2.19. The van der Waals surface area contributed by atoms with Crippen molar-refractivity contribution < 1.29 is 14.3 Å². The molecule has 0 heterocycles. The second kappa shape index (κ2) is 7.88. The molecule has 112 valence electrons. The molecule has 0 aliphatic heterocycles. The summed E-state index contributed by atoms with van der Waals surface area (Å²) in [6.07, 6.45) is 0.311. The number of ether oxygens (including phenoxy) is 2. The van der Waals surface area contributed by atoms with Crippen molar-refractivity contribution in [1.82, 2.24) is 5.32 Å². The Bertz CT molecular complexity index is 438. The van der Waals surface area contributed by atoms with Crippen molar-refractivity contribution in [2.45, 2.75) is 32.8 Å². The van der Waals surface area contributed by atoms with Crippen molar-refractivity contribution in [2.75, 3.05) is 13.2 Å². The molecule has 0 unspecified atom stereocenters. The molecule has 0 atom stereocenters. The van der Waals surface area contributed by atoms with Crippen LogP contribution < -0.4 is 10.1 Å². The molecule has 1 N–H and O–H groups in total. The Morgan fingerprint density at radius 2 is 1.80 bits per heavy atom. The number of benzene rings is 1. The number of amides is 1. The van der Waals surface area contributed by atoms with Gasteiger partial charge in [0.1, 0.15) is 11.4 Å². The summed E-state index contributed by atoms with van der Waals surface area (Å²) in [6.45, 7) is 6.55. The zero-order valence-electron chi connectivity index (χ0n) is 11.8. The summed E-state index contributed by atoms with van der Waals surface area (Å²) >= 11 is 6.80. The van der Waals surface area contributed by atoms with Gasteiger partial charge in [-0.2, -0.15) is 0 Å². The Labute approximate surface area is 136 Å². The normalized spacial score (nSPS) is 11.1. The predicted molar refractivity (Wildman–Crippen MR) is 86.2 cm³/mol. The Balaban J connectivity index is 2.20. The molecule has 1 aromatic rings. The maximum Gasteiger partial charge on any atom is 0.407 e. The highest BCUT2D eigenvalue weighted by atomic mass is 79.9. The van der Waals surface area contributed by atoms with Crippen LogP contribution in [0.3, 0.4) is 0 Å². The van der Waals surface area contributed by atoms with E-state index in [0.29, 0.717) is 19.6 Å². The van der Waals surface area contributed by atoms with Crippen LogP contribution in [0.2, 0.25) is 0 Å². The molecule has 1 aromatic carbocycles. The van der Waals surface area contributed by atoms with Gasteiger partial charge >= 0.3 is 6.09 Å². The predicted octanol–water partition coefficient (Wildman–Crippen LogP) is 4.51. The summed E-state index contributed by atoms with van der Waals surface area (Å²) in [5, 5.41) is 2.69. The summed E-state index contributed by atoms with van der Waals surface area (Å²) in [5.41, 5.74) is -0.469. The number of nitrogens with one attached hydrogen (secondary N) is 1. The number of rotatable bonds is 5. The summed E-state index contributed by atoms with van der Waals surface area (Å²) in [4.78, 5) is 11.4. The quantitative estimate of drug-likeness (QED) is 0.729. The van der Waals surface area contributed by atoms with Crippen LogP contribution in [0.1, 0.15) is 27.2 Å². The molecule has 0 aromatic heterocycles. The number of hydrogen-bond acceptors (Lipinski definition) is 3. The van der Waals surface area contributed by atoms with Crippen molar-refractivity contribution in [3.05, 3.63) is 27.1 Å². The van der Waals surface area contributed by atoms with E-state index in [1.807, 2.05) is 39.0 Å². The van der Waals surface area contributed by atoms with E-state index in [1.54, 1.807) is 0 Å². The van der Waals surface area contributed by atoms with Crippen molar-refractivity contribution >= 4 is 38.0 Å². The van der Waals surface area contributed by atoms with E-state index in [9.17, 15) is 4.79 Å². The average Bonchev–Trinajstić information content (AvgIpc) is 2.24. The van der Waals surface area contributed by atoms with Crippen LogP contribution in [0, 0.1) is 0 Å². The van der Waals surface area contributed by atoms with E-state index in [2.05, 4.69) is 37.2 Å². The van der Waals surface area contributed by atoms with Gasteiger partial charge in [-0.3, -0.25) is 0 Å². The third kappa shape index (κ3) is 7.75. The summed E-state index contributed by atoms with van der Waals surface area (Å²) in [5.74, 6) is 0.781. The lowest BCUT2D eigenvalue weighted by atomic mass is 10.2. The van der Waals surface area contributed by atoms with Gasteiger partial charge in [0.2, 0.25) is 0 Å². The number of halogens is 2. The second-order valence-electron chi connectivity index (χ2n) is 5.24. The van der Waals surface area contributed by atoms with Gasteiger partial charge in [0.25, 0.3) is 0 Å². The van der Waals surface area contributed by atoms with Gasteiger partial charge in [-0.15, -0.1) is 0 Å². The van der Waals surface area contributed by atoms with Gasteiger partial charge in [-0.25, -0.2) is 4.79 Å². The fraction of sp³-hybridized carbons (Fsp3) is 0.500. The average molecular weight is 409 g/mol. The maximum atomic E-state index is 11.4. The molecule has 0 aliphatic rings. The second-order valence-corrected chi connectivity index (χ2v) is 7.07. The van der Waals surface area contributed by atoms with Crippen LogP contribution >= 0.6 is 31.9 Å². The maximum absolute atomic E-state index is 11.4. The van der Waals surface area contributed by atoms with Crippen LogP contribution in [0.25, 0.3) is 0 Å². The molecular formula is C14H19Br2NO3. The molecule has 0 radical (unpaired) electrons. The lowest BCUT2D eigenvalue weighted by Crippen LogP contribution is -2.33. The van der Waals surface area contributed by atoms with Gasteiger partial charge in [0.05, 0.1) is 6.61 Å². The fourth-order valence-electron chi connectivity index (χ4n) is 1.38. The number of hydrogen-bond donors (Lipinski definition) is 1. The molecule has 1 rings (SSSR count). The first-order chi connectivity index (χ1) is 9.26. The van der Waals surface area contributed by atoms with E-state index < -0.39 is 11.7 Å². The molecule has 0 aliphatic carbocycles. The third-order valence-corrected chi connectivity index (χ3v) is 3.01. The summed E-state index contributed by atoms with van der Waals surface area (Å²) in [6, 6.07) is 5.73. The molecule has 0 bridgehead atoms. The smallest absolute Gasteiger partial charge is 0.407 e. The molecule has 6 heteroatoms. The SMILES string of the molecule is CC(C)(C)OC(=O)NCCCOc1cc(Br)cc(Br)c1. The minimum Gasteiger partial charge on any atom is -0.493 e. The number of carbonyl (C=O) groups excluding carboxylic acids is 1. The lowest BCUT2D eigenvalue weighted by molar-refractivity contribution is 0.0525. The van der Waals surface area contributed by atoms with Crippen molar-refractivity contribution in [2.24, 2.45) is 0 Å². The molecule has 20 heavy (non-hydrogen) atoms.